The zero-order valence-corrected chi connectivity index (χ0v) is 31.4. The van der Waals surface area contributed by atoms with Crippen molar-refractivity contribution in [3.63, 3.8) is 0 Å². The molecule has 0 aliphatic heterocycles. The number of hydrogen-bond donors (Lipinski definition) is 1. The average Bonchev–Trinajstić information content (AvgIpc) is 3.12. The lowest BCUT2D eigenvalue weighted by atomic mass is 9.34. The largest absolute Gasteiger partial charge is 0.504 e. The van der Waals surface area contributed by atoms with Crippen LogP contribution in [0.1, 0.15) is 98.5 Å². The van der Waals surface area contributed by atoms with Gasteiger partial charge in [0.2, 0.25) is 5.78 Å². The number of hydrogen-bond acceptors (Lipinski definition) is 8. The molecule has 276 valence electrons. The lowest BCUT2D eigenvalue weighted by molar-refractivity contribution is -0.182. The summed E-state index contributed by atoms with van der Waals surface area (Å²) in [7, 11) is 1.17. The number of esters is 2. The Morgan fingerprint density at radius 3 is 2.46 bits per heavy atom. The highest BCUT2D eigenvalue weighted by molar-refractivity contribution is 6.06. The topological polar surface area (TPSA) is 123 Å². The first-order chi connectivity index (χ1) is 24.5. The molecule has 0 saturated heterocycles. The average molecular weight is 712 g/mol. The van der Waals surface area contributed by atoms with E-state index >= 15 is 0 Å². The minimum atomic E-state index is -0.803. The number of aliphatic hydroxyl groups excluding tert-OH is 1. The minimum absolute atomic E-state index is 0.0201. The maximum Gasteiger partial charge on any atom is 0.348 e. The van der Waals surface area contributed by atoms with Crippen molar-refractivity contribution in [2.75, 3.05) is 20.3 Å². The van der Waals surface area contributed by atoms with Crippen LogP contribution in [-0.2, 0) is 23.9 Å². The summed E-state index contributed by atoms with van der Waals surface area (Å²) >= 11 is 0. The van der Waals surface area contributed by atoms with E-state index in [1.807, 2.05) is 13.8 Å². The fraction of sp³-hybridized carbons (Fsp3) is 0.535. The second kappa shape index (κ2) is 13.2. The number of aliphatic hydroxyl groups is 1. The Labute approximate surface area is 306 Å². The Bertz CT molecular complexity index is 1930. The Kier molecular flexibility index (Phi) is 9.47. The molecule has 1 aromatic carbocycles. The molecule has 0 heterocycles. The van der Waals surface area contributed by atoms with Crippen molar-refractivity contribution in [1.29, 1.82) is 5.26 Å². The van der Waals surface area contributed by atoms with E-state index in [1.54, 1.807) is 12.1 Å². The number of halogens is 1. The number of nitrogens with zero attached hydrogens (tertiary/aromatic N) is 1. The molecule has 0 amide bonds. The van der Waals surface area contributed by atoms with Crippen molar-refractivity contribution in [1.82, 2.24) is 0 Å². The first-order valence-electron chi connectivity index (χ1n) is 18.4. The van der Waals surface area contributed by atoms with Crippen LogP contribution in [0.5, 0.6) is 5.75 Å². The summed E-state index contributed by atoms with van der Waals surface area (Å²) in [6.45, 7) is 13.7. The second-order valence-corrected chi connectivity index (χ2v) is 16.8. The smallest absolute Gasteiger partial charge is 0.348 e. The standard InChI is InChI=1S/C43H50FNO7/c1-26-29-10-12-34-41(4,30(29)23-32(46)36(26)47)16-18-43(6)35-24-40(3,14-13-39(35,2)15-17-42(34,43)5)38(49)52-20-8-19-51-33-11-9-27(22-31(33)44)21-28(25-45)37(48)50-7/h9-12,21-23,35,47H,8,13-20,24H2,1-7H3/b28-21+/t35-,39-,40-,41+,42-,43+/m1/s1. The summed E-state index contributed by atoms with van der Waals surface area (Å²) < 4.78 is 30.8. The first-order valence-corrected chi connectivity index (χ1v) is 18.4. The minimum Gasteiger partial charge on any atom is -0.504 e. The van der Waals surface area contributed by atoms with Gasteiger partial charge in [0.05, 0.1) is 25.7 Å². The molecule has 0 radical (unpaired) electrons. The van der Waals surface area contributed by atoms with E-state index in [0.717, 1.165) is 56.1 Å². The Balaban J connectivity index is 1.12. The third-order valence-electron chi connectivity index (χ3n) is 13.9. The van der Waals surface area contributed by atoms with Gasteiger partial charge in [-0.1, -0.05) is 51.5 Å². The summed E-state index contributed by atoms with van der Waals surface area (Å²) in [5.74, 6) is -1.83. The Morgan fingerprint density at radius 1 is 1.04 bits per heavy atom. The molecule has 8 nitrogen and oxygen atoms in total. The summed E-state index contributed by atoms with van der Waals surface area (Å²) in [6.07, 6.45) is 14.0. The number of ketones is 1. The van der Waals surface area contributed by atoms with Gasteiger partial charge in [0.25, 0.3) is 0 Å². The van der Waals surface area contributed by atoms with Crippen LogP contribution in [0.25, 0.3) is 6.08 Å². The SMILES string of the molecule is COC(=O)/C(C#N)=C/c1ccc(OCCCOC(=O)[C@]2(C)CC[C@]3(C)CC[C@]4(C)C5=CC=C6C(=CC(=O)C(O)=C6C)[C@]5(C)CC[C@@]4(C)[C@@H]3C2)c(F)c1. The van der Waals surface area contributed by atoms with Crippen LogP contribution in [0, 0.1) is 50.1 Å². The first kappa shape index (κ1) is 37.3. The van der Waals surface area contributed by atoms with Gasteiger partial charge in [-0.15, -0.1) is 0 Å². The number of allylic oxidation sites excluding steroid dienone is 7. The Morgan fingerprint density at radius 2 is 1.77 bits per heavy atom. The second-order valence-electron chi connectivity index (χ2n) is 16.8. The highest BCUT2D eigenvalue weighted by atomic mass is 19.1. The predicted molar refractivity (Wildman–Crippen MR) is 194 cm³/mol. The molecule has 52 heavy (non-hydrogen) atoms. The maximum atomic E-state index is 14.7. The van der Waals surface area contributed by atoms with Gasteiger partial charge in [-0.05, 0) is 122 Å². The lowest BCUT2D eigenvalue weighted by Gasteiger charge is -2.70. The third kappa shape index (κ3) is 5.83. The zero-order chi connectivity index (χ0) is 37.9. The van der Waals surface area contributed by atoms with Gasteiger partial charge in [-0.3, -0.25) is 9.59 Å². The highest BCUT2D eigenvalue weighted by Crippen LogP contribution is 2.75. The molecular formula is C43H50FNO7. The number of benzene rings is 1. The van der Waals surface area contributed by atoms with Crippen LogP contribution >= 0.6 is 0 Å². The van der Waals surface area contributed by atoms with Crippen LogP contribution in [0.15, 0.2) is 70.1 Å². The van der Waals surface area contributed by atoms with Gasteiger partial charge in [-0.25, -0.2) is 9.18 Å². The van der Waals surface area contributed by atoms with Crippen LogP contribution in [-0.4, -0.2) is 43.2 Å². The van der Waals surface area contributed by atoms with E-state index in [2.05, 4.69) is 44.6 Å². The maximum absolute atomic E-state index is 14.7. The van der Waals surface area contributed by atoms with E-state index in [9.17, 15) is 23.9 Å². The number of rotatable bonds is 8. The summed E-state index contributed by atoms with van der Waals surface area (Å²) in [4.78, 5) is 38.3. The van der Waals surface area contributed by atoms with Crippen molar-refractivity contribution >= 4 is 23.8 Å². The van der Waals surface area contributed by atoms with Crippen molar-refractivity contribution in [3.8, 4) is 11.8 Å². The van der Waals surface area contributed by atoms with E-state index in [0.29, 0.717) is 17.6 Å². The number of methoxy groups -OCH3 is 1. The molecular weight excluding hydrogens is 661 g/mol. The molecule has 6 atom stereocenters. The van der Waals surface area contributed by atoms with E-state index in [4.69, 9.17) is 14.7 Å². The van der Waals surface area contributed by atoms with Gasteiger partial charge in [0, 0.05) is 17.4 Å². The van der Waals surface area contributed by atoms with Gasteiger partial charge in [-0.2, -0.15) is 5.26 Å². The van der Waals surface area contributed by atoms with Gasteiger partial charge >= 0.3 is 11.9 Å². The third-order valence-corrected chi connectivity index (χ3v) is 13.9. The summed E-state index contributed by atoms with van der Waals surface area (Å²) in [5.41, 5.74) is 2.98. The van der Waals surface area contributed by atoms with Gasteiger partial charge in [0.1, 0.15) is 11.6 Å². The van der Waals surface area contributed by atoms with Crippen LogP contribution in [0.3, 0.4) is 0 Å². The Hall–Kier alpha value is -4.45. The fourth-order valence-corrected chi connectivity index (χ4v) is 10.4. The molecule has 0 unspecified atom stereocenters. The predicted octanol–water partition coefficient (Wildman–Crippen LogP) is 8.84. The molecule has 3 saturated carbocycles. The van der Waals surface area contributed by atoms with E-state index in [1.165, 1.54) is 37.0 Å². The van der Waals surface area contributed by atoms with Crippen LogP contribution < -0.4 is 4.74 Å². The number of ether oxygens (including phenoxy) is 3. The number of carbonyl (C=O) groups is 3. The number of carbonyl (C=O) groups excluding carboxylic acids is 3. The quantitative estimate of drug-likeness (QED) is 0.123. The molecule has 0 aromatic heterocycles. The number of nitriles is 1. The summed E-state index contributed by atoms with van der Waals surface area (Å²) in [6, 6.07) is 5.88. The molecule has 1 N–H and O–H groups in total. The molecule has 1 aromatic rings. The summed E-state index contributed by atoms with van der Waals surface area (Å²) in [5, 5.41) is 19.6. The molecule has 3 fully saturated rings. The van der Waals surface area contributed by atoms with Crippen molar-refractivity contribution in [2.24, 2.45) is 33.0 Å². The highest BCUT2D eigenvalue weighted by Gasteiger charge is 2.67. The van der Waals surface area contributed by atoms with E-state index < -0.39 is 17.2 Å². The lowest BCUT2D eigenvalue weighted by Crippen LogP contribution is -2.62. The van der Waals surface area contributed by atoms with Gasteiger partial charge in [0.15, 0.2) is 17.3 Å². The molecule has 5 aliphatic rings. The monoisotopic (exact) mass is 711 g/mol. The van der Waals surface area contributed by atoms with Crippen LogP contribution in [0.4, 0.5) is 4.39 Å². The number of fused-ring (bicyclic) bond motifs is 7. The van der Waals surface area contributed by atoms with Gasteiger partial charge < -0.3 is 19.3 Å². The molecule has 0 spiro atoms. The molecule has 5 aliphatic carbocycles. The van der Waals surface area contributed by atoms with Crippen molar-refractivity contribution < 1.29 is 38.1 Å². The van der Waals surface area contributed by atoms with E-state index in [-0.39, 0.29) is 69.6 Å². The normalized spacial score (nSPS) is 33.9. The van der Waals surface area contributed by atoms with Crippen molar-refractivity contribution in [2.45, 2.75) is 92.9 Å². The zero-order valence-electron chi connectivity index (χ0n) is 31.4. The molecule has 9 heteroatoms. The molecule has 0 bridgehead atoms. The molecule has 6 rings (SSSR count). The van der Waals surface area contributed by atoms with Crippen molar-refractivity contribution in [3.05, 3.63) is 81.4 Å². The van der Waals surface area contributed by atoms with Crippen LogP contribution in [0.2, 0.25) is 0 Å². The fourth-order valence-electron chi connectivity index (χ4n) is 10.4.